The lowest BCUT2D eigenvalue weighted by Crippen LogP contribution is -1.99. The van der Waals surface area contributed by atoms with Crippen molar-refractivity contribution in [3.05, 3.63) is 0 Å². The monoisotopic (exact) mass is 137 g/mol. The molecule has 0 unspecified atom stereocenters. The maximum Gasteiger partial charge on any atom is -0.0140 e. The van der Waals surface area contributed by atoms with Gasteiger partial charge in [-0.25, -0.2) is 0 Å². The van der Waals surface area contributed by atoms with Crippen LogP contribution in [0.4, 0.5) is 0 Å². The van der Waals surface area contributed by atoms with Crippen molar-refractivity contribution in [3.63, 3.8) is 0 Å². The van der Waals surface area contributed by atoms with E-state index >= 15 is 0 Å². The molecule has 1 aliphatic carbocycles. The number of rotatable bonds is 0. The normalized spacial score (nSPS) is 13.5. The molecular weight excluding hydrogens is 122 g/mol. The van der Waals surface area contributed by atoms with Crippen LogP contribution < -0.4 is 0 Å². The van der Waals surface area contributed by atoms with Crippen LogP contribution in [0.3, 0.4) is 0 Å². The SMILES string of the molecule is C1CC1.CN(C)C.Cl. The Morgan fingerprint density at radius 3 is 1.00 bits per heavy atom. The summed E-state index contributed by atoms with van der Waals surface area (Å²) >= 11 is 0. The van der Waals surface area contributed by atoms with Crippen molar-refractivity contribution in [3.8, 4) is 0 Å². The van der Waals surface area contributed by atoms with E-state index in [1.165, 1.54) is 19.3 Å². The van der Waals surface area contributed by atoms with Crippen molar-refractivity contribution < 1.29 is 0 Å². The van der Waals surface area contributed by atoms with Gasteiger partial charge in [0, 0.05) is 0 Å². The predicted molar refractivity (Wildman–Crippen MR) is 40.7 cm³/mol. The molecule has 0 amide bonds. The average molecular weight is 138 g/mol. The molecule has 8 heavy (non-hydrogen) atoms. The Hall–Kier alpha value is 0.250. The lowest BCUT2D eigenvalue weighted by Gasteiger charge is -1.90. The quantitative estimate of drug-likeness (QED) is 0.492. The molecule has 0 atom stereocenters. The summed E-state index contributed by atoms with van der Waals surface area (Å²) in [6.07, 6.45) is 4.50. The summed E-state index contributed by atoms with van der Waals surface area (Å²) < 4.78 is 0. The van der Waals surface area contributed by atoms with E-state index in [4.69, 9.17) is 0 Å². The highest BCUT2D eigenvalue weighted by molar-refractivity contribution is 5.85. The zero-order chi connectivity index (χ0) is 5.70. The van der Waals surface area contributed by atoms with Crippen molar-refractivity contribution >= 4 is 12.4 Å². The summed E-state index contributed by atoms with van der Waals surface area (Å²) in [5, 5.41) is 0. The first-order chi connectivity index (χ1) is 3.23. The topological polar surface area (TPSA) is 3.24 Å². The van der Waals surface area contributed by atoms with Crippen molar-refractivity contribution in [2.75, 3.05) is 21.1 Å². The fraction of sp³-hybridized carbons (Fsp3) is 1.00. The van der Waals surface area contributed by atoms with Gasteiger partial charge in [0.15, 0.2) is 0 Å². The molecule has 2 heteroatoms. The van der Waals surface area contributed by atoms with Crippen molar-refractivity contribution in [2.45, 2.75) is 19.3 Å². The minimum absolute atomic E-state index is 0. The second kappa shape index (κ2) is 7.25. The molecule has 0 aromatic carbocycles. The van der Waals surface area contributed by atoms with Crippen LogP contribution >= 0.6 is 12.4 Å². The molecule has 0 aromatic heterocycles. The molecule has 0 aliphatic heterocycles. The Labute approximate surface area is 58.5 Å². The van der Waals surface area contributed by atoms with E-state index in [0.717, 1.165) is 0 Å². The van der Waals surface area contributed by atoms with E-state index in [0.29, 0.717) is 0 Å². The van der Waals surface area contributed by atoms with Gasteiger partial charge in [-0.05, 0) is 21.1 Å². The van der Waals surface area contributed by atoms with E-state index in [1.807, 2.05) is 26.0 Å². The van der Waals surface area contributed by atoms with Gasteiger partial charge in [-0.3, -0.25) is 0 Å². The van der Waals surface area contributed by atoms with Crippen LogP contribution in [0.1, 0.15) is 19.3 Å². The maximum absolute atomic E-state index is 2.00. The standard InChI is InChI=1S/C3H9N.C3H6.ClH/c1-4(2)3;1-2-3-1;/h1-3H3;1-3H2;1H. The second-order valence-corrected chi connectivity index (χ2v) is 2.40. The maximum atomic E-state index is 2.00. The van der Waals surface area contributed by atoms with Gasteiger partial charge >= 0.3 is 0 Å². The van der Waals surface area contributed by atoms with Crippen LogP contribution in [0.5, 0.6) is 0 Å². The van der Waals surface area contributed by atoms with E-state index in [1.54, 1.807) is 0 Å². The van der Waals surface area contributed by atoms with Gasteiger partial charge in [0.1, 0.15) is 0 Å². The number of hydrogen-bond acceptors (Lipinski definition) is 1. The Bertz CT molecular complexity index is 30.0. The Kier molecular flexibility index (Phi) is 10.1. The molecule has 0 radical (unpaired) electrons. The molecule has 0 N–H and O–H groups in total. The van der Waals surface area contributed by atoms with Crippen LogP contribution in [0.25, 0.3) is 0 Å². The number of hydrogen-bond donors (Lipinski definition) is 0. The Balaban J connectivity index is 0. The third-order valence-corrected chi connectivity index (χ3v) is 0.354. The third kappa shape index (κ3) is 110. The van der Waals surface area contributed by atoms with Crippen LogP contribution in [-0.4, -0.2) is 26.0 Å². The summed E-state index contributed by atoms with van der Waals surface area (Å²) in [6, 6.07) is 0. The summed E-state index contributed by atoms with van der Waals surface area (Å²) in [5.74, 6) is 0. The van der Waals surface area contributed by atoms with Crippen molar-refractivity contribution in [2.24, 2.45) is 0 Å². The summed E-state index contributed by atoms with van der Waals surface area (Å²) in [4.78, 5) is 2.00. The third-order valence-electron chi connectivity index (χ3n) is 0.354. The predicted octanol–water partition coefficient (Wildman–Crippen LogP) is 1.77. The lowest BCUT2D eigenvalue weighted by atomic mass is 11.0. The van der Waals surface area contributed by atoms with Gasteiger partial charge in [-0.1, -0.05) is 19.3 Å². The molecule has 1 aliphatic rings. The van der Waals surface area contributed by atoms with Crippen LogP contribution in [0.2, 0.25) is 0 Å². The van der Waals surface area contributed by atoms with E-state index < -0.39 is 0 Å². The van der Waals surface area contributed by atoms with Gasteiger partial charge in [0.25, 0.3) is 0 Å². The van der Waals surface area contributed by atoms with Gasteiger partial charge in [0.05, 0.1) is 0 Å². The zero-order valence-electron chi connectivity index (χ0n) is 5.98. The first kappa shape index (κ1) is 11.1. The molecule has 0 spiro atoms. The molecule has 0 saturated heterocycles. The summed E-state index contributed by atoms with van der Waals surface area (Å²) in [5.41, 5.74) is 0. The van der Waals surface area contributed by atoms with Crippen LogP contribution in [0.15, 0.2) is 0 Å². The average Bonchev–Trinajstić information content (AvgIpc) is 2.02. The largest absolute Gasteiger partial charge is 0.312 e. The number of halogens is 1. The molecule has 1 saturated carbocycles. The fourth-order valence-corrected chi connectivity index (χ4v) is 0. The van der Waals surface area contributed by atoms with Gasteiger partial charge in [-0.2, -0.15) is 0 Å². The molecule has 0 bridgehead atoms. The van der Waals surface area contributed by atoms with Gasteiger partial charge in [-0.15, -0.1) is 12.4 Å². The molecule has 52 valence electrons. The second-order valence-electron chi connectivity index (χ2n) is 2.40. The minimum Gasteiger partial charge on any atom is -0.312 e. The summed E-state index contributed by atoms with van der Waals surface area (Å²) in [7, 11) is 6.00. The summed E-state index contributed by atoms with van der Waals surface area (Å²) in [6.45, 7) is 0. The highest BCUT2D eigenvalue weighted by atomic mass is 35.5. The van der Waals surface area contributed by atoms with Crippen molar-refractivity contribution in [1.82, 2.24) is 4.90 Å². The van der Waals surface area contributed by atoms with Crippen LogP contribution in [0, 0.1) is 0 Å². The smallest absolute Gasteiger partial charge is 0.0140 e. The van der Waals surface area contributed by atoms with Crippen molar-refractivity contribution in [1.29, 1.82) is 0 Å². The van der Waals surface area contributed by atoms with E-state index in [9.17, 15) is 0 Å². The molecule has 1 fully saturated rings. The van der Waals surface area contributed by atoms with Gasteiger partial charge in [0.2, 0.25) is 0 Å². The molecule has 0 heterocycles. The molecule has 1 rings (SSSR count). The highest BCUT2D eigenvalue weighted by Gasteiger charge is 1.95. The van der Waals surface area contributed by atoms with E-state index in [-0.39, 0.29) is 12.4 Å². The van der Waals surface area contributed by atoms with Crippen LogP contribution in [-0.2, 0) is 0 Å². The van der Waals surface area contributed by atoms with E-state index in [2.05, 4.69) is 0 Å². The molecule has 1 nitrogen and oxygen atoms in total. The molecule has 0 aromatic rings. The lowest BCUT2D eigenvalue weighted by molar-refractivity contribution is 0.505. The minimum atomic E-state index is 0. The molecular formula is C6H16ClN. The first-order valence-corrected chi connectivity index (χ1v) is 2.84. The zero-order valence-corrected chi connectivity index (χ0v) is 6.79. The first-order valence-electron chi connectivity index (χ1n) is 2.84. The Morgan fingerprint density at radius 2 is 1.00 bits per heavy atom. The fourth-order valence-electron chi connectivity index (χ4n) is 0. The Morgan fingerprint density at radius 1 is 0.875 bits per heavy atom. The van der Waals surface area contributed by atoms with Gasteiger partial charge < -0.3 is 4.90 Å². The number of nitrogens with zero attached hydrogens (tertiary/aromatic N) is 1. The highest BCUT2D eigenvalue weighted by Crippen LogP contribution is 2.14.